The van der Waals surface area contributed by atoms with E-state index in [2.05, 4.69) is 0 Å². The Balaban J connectivity index is 1.77. The second-order valence-electron chi connectivity index (χ2n) is 4.84. The highest BCUT2D eigenvalue weighted by molar-refractivity contribution is 7.99. The monoisotopic (exact) mass is 273 g/mol. The molecular weight excluding hydrogens is 254 g/mol. The first-order valence-corrected chi connectivity index (χ1v) is 7.49. The molecule has 0 aromatic carbocycles. The number of rotatable bonds is 5. The fourth-order valence-electron chi connectivity index (χ4n) is 2.47. The highest BCUT2D eigenvalue weighted by atomic mass is 32.2. The Hall–Kier alpha value is -0.750. The maximum atomic E-state index is 12.0. The van der Waals surface area contributed by atoms with Crippen LogP contribution in [0.15, 0.2) is 0 Å². The lowest BCUT2D eigenvalue weighted by Crippen LogP contribution is -2.44. The molecule has 1 saturated carbocycles. The third-order valence-electron chi connectivity index (χ3n) is 3.55. The lowest BCUT2D eigenvalue weighted by atomic mass is 9.79. The van der Waals surface area contributed by atoms with Crippen LogP contribution >= 0.6 is 11.8 Å². The fraction of sp³-hybridized carbons (Fsp3) is 0.833. The number of carboxylic acids is 1. The van der Waals surface area contributed by atoms with Gasteiger partial charge in [-0.25, -0.2) is 4.79 Å². The van der Waals surface area contributed by atoms with Gasteiger partial charge in [-0.3, -0.25) is 4.79 Å². The highest BCUT2D eigenvalue weighted by Gasteiger charge is 2.37. The molecule has 102 valence electrons. The van der Waals surface area contributed by atoms with Crippen molar-refractivity contribution in [1.29, 1.82) is 0 Å². The van der Waals surface area contributed by atoms with Crippen molar-refractivity contribution in [2.75, 3.05) is 18.2 Å². The van der Waals surface area contributed by atoms with Gasteiger partial charge in [0.15, 0.2) is 0 Å². The summed E-state index contributed by atoms with van der Waals surface area (Å²) in [6.45, 7) is 2.69. The van der Waals surface area contributed by atoms with E-state index >= 15 is 0 Å². The van der Waals surface area contributed by atoms with E-state index in [-0.39, 0.29) is 5.91 Å². The molecule has 1 saturated heterocycles. The number of hydrogen-bond donors (Lipinski definition) is 1. The van der Waals surface area contributed by atoms with Crippen LogP contribution in [0.4, 0.5) is 0 Å². The van der Waals surface area contributed by atoms with Gasteiger partial charge < -0.3 is 14.7 Å². The zero-order valence-corrected chi connectivity index (χ0v) is 11.3. The molecule has 0 aromatic heterocycles. The van der Waals surface area contributed by atoms with E-state index in [0.717, 1.165) is 19.4 Å². The summed E-state index contributed by atoms with van der Waals surface area (Å²) in [5.74, 6) is 0.473. The molecule has 2 fully saturated rings. The first-order chi connectivity index (χ1) is 8.61. The molecule has 5 nitrogen and oxygen atoms in total. The molecule has 6 heteroatoms. The SMILES string of the molecule is CCOC1CC(CC(=O)N2CSCC2C(=O)O)C1. The molecule has 1 unspecified atom stereocenters. The minimum absolute atomic E-state index is 0.0210. The van der Waals surface area contributed by atoms with Crippen molar-refractivity contribution in [3.63, 3.8) is 0 Å². The van der Waals surface area contributed by atoms with Crippen molar-refractivity contribution in [2.24, 2.45) is 5.92 Å². The van der Waals surface area contributed by atoms with Gasteiger partial charge in [0.25, 0.3) is 0 Å². The van der Waals surface area contributed by atoms with E-state index in [1.54, 1.807) is 0 Å². The molecule has 1 amide bonds. The predicted molar refractivity (Wildman–Crippen MR) is 68.3 cm³/mol. The second kappa shape index (κ2) is 5.93. The molecule has 1 N–H and O–H groups in total. The van der Waals surface area contributed by atoms with Crippen LogP contribution in [0.2, 0.25) is 0 Å². The molecule has 1 aliphatic heterocycles. The van der Waals surface area contributed by atoms with Gasteiger partial charge in [0.1, 0.15) is 6.04 Å². The van der Waals surface area contributed by atoms with Gasteiger partial charge in [0.05, 0.1) is 12.0 Å². The van der Waals surface area contributed by atoms with Crippen LogP contribution in [0.3, 0.4) is 0 Å². The number of ether oxygens (including phenoxy) is 1. The standard InChI is InChI=1S/C12H19NO4S/c1-2-17-9-3-8(4-9)5-11(14)13-7-18-6-10(13)12(15)16/h8-10H,2-7H2,1H3,(H,15,16). The van der Waals surface area contributed by atoms with E-state index in [0.29, 0.717) is 30.1 Å². The van der Waals surface area contributed by atoms with Crippen LogP contribution in [0.1, 0.15) is 26.2 Å². The van der Waals surface area contributed by atoms with Crippen molar-refractivity contribution >= 4 is 23.6 Å². The Labute approximate surface area is 111 Å². The zero-order valence-electron chi connectivity index (χ0n) is 10.5. The summed E-state index contributed by atoms with van der Waals surface area (Å²) in [5.41, 5.74) is 0. The number of nitrogens with zero attached hydrogens (tertiary/aromatic N) is 1. The molecule has 0 radical (unpaired) electrons. The predicted octanol–water partition coefficient (Wildman–Crippen LogP) is 1.18. The third-order valence-corrected chi connectivity index (χ3v) is 4.56. The van der Waals surface area contributed by atoms with E-state index in [4.69, 9.17) is 9.84 Å². The summed E-state index contributed by atoms with van der Waals surface area (Å²) in [4.78, 5) is 24.5. The number of amides is 1. The second-order valence-corrected chi connectivity index (χ2v) is 5.84. The molecule has 1 aliphatic carbocycles. The number of aliphatic carboxylic acids is 1. The molecule has 1 heterocycles. The number of carbonyl (C=O) groups is 2. The zero-order chi connectivity index (χ0) is 13.1. The van der Waals surface area contributed by atoms with Crippen LogP contribution in [-0.4, -0.2) is 52.3 Å². The van der Waals surface area contributed by atoms with Crippen molar-refractivity contribution in [2.45, 2.75) is 38.3 Å². The summed E-state index contributed by atoms with van der Waals surface area (Å²) < 4.78 is 5.45. The average Bonchev–Trinajstić information content (AvgIpc) is 2.75. The van der Waals surface area contributed by atoms with Crippen LogP contribution in [0.25, 0.3) is 0 Å². The lowest BCUT2D eigenvalue weighted by molar-refractivity contribution is -0.149. The van der Waals surface area contributed by atoms with Gasteiger partial charge >= 0.3 is 5.97 Å². The van der Waals surface area contributed by atoms with Crippen molar-refractivity contribution in [3.8, 4) is 0 Å². The maximum absolute atomic E-state index is 12.0. The summed E-state index contributed by atoms with van der Waals surface area (Å²) in [5, 5.41) is 9.02. The number of carbonyl (C=O) groups excluding carboxylic acids is 1. The van der Waals surface area contributed by atoms with Gasteiger partial charge in [-0.2, -0.15) is 0 Å². The highest BCUT2D eigenvalue weighted by Crippen LogP contribution is 2.34. The van der Waals surface area contributed by atoms with Gasteiger partial charge in [-0.15, -0.1) is 11.8 Å². The Kier molecular flexibility index (Phi) is 4.50. The molecule has 2 aliphatic rings. The molecule has 1 atom stereocenters. The third kappa shape index (κ3) is 2.98. The lowest BCUT2D eigenvalue weighted by Gasteiger charge is -2.35. The van der Waals surface area contributed by atoms with Gasteiger partial charge in [0, 0.05) is 18.8 Å². The first-order valence-electron chi connectivity index (χ1n) is 6.33. The minimum Gasteiger partial charge on any atom is -0.480 e. The fourth-order valence-corrected chi connectivity index (χ4v) is 3.64. The number of hydrogen-bond acceptors (Lipinski definition) is 4. The number of carboxylic acid groups (broad SMARTS) is 1. The molecule has 2 rings (SSSR count). The molecule has 0 bridgehead atoms. The van der Waals surface area contributed by atoms with Gasteiger partial charge in [0.2, 0.25) is 5.91 Å². The topological polar surface area (TPSA) is 66.8 Å². The van der Waals surface area contributed by atoms with Crippen molar-refractivity contribution in [1.82, 2.24) is 4.90 Å². The quantitative estimate of drug-likeness (QED) is 0.814. The average molecular weight is 273 g/mol. The van der Waals surface area contributed by atoms with E-state index in [9.17, 15) is 9.59 Å². The van der Waals surface area contributed by atoms with Crippen LogP contribution in [-0.2, 0) is 14.3 Å². The molecule has 18 heavy (non-hydrogen) atoms. The van der Waals surface area contributed by atoms with Crippen LogP contribution < -0.4 is 0 Å². The Morgan fingerprint density at radius 2 is 2.17 bits per heavy atom. The van der Waals surface area contributed by atoms with Crippen LogP contribution in [0, 0.1) is 5.92 Å². The Bertz CT molecular complexity index is 330. The van der Waals surface area contributed by atoms with Crippen LogP contribution in [0.5, 0.6) is 0 Å². The smallest absolute Gasteiger partial charge is 0.327 e. The van der Waals surface area contributed by atoms with Crippen molar-refractivity contribution in [3.05, 3.63) is 0 Å². The first kappa shape index (κ1) is 13.7. The summed E-state index contributed by atoms with van der Waals surface area (Å²) in [6.07, 6.45) is 2.63. The summed E-state index contributed by atoms with van der Waals surface area (Å²) >= 11 is 1.51. The van der Waals surface area contributed by atoms with E-state index in [1.807, 2.05) is 6.92 Å². The summed E-state index contributed by atoms with van der Waals surface area (Å²) in [6, 6.07) is -0.634. The van der Waals surface area contributed by atoms with Gasteiger partial charge in [-0.1, -0.05) is 0 Å². The Morgan fingerprint density at radius 3 is 2.78 bits per heavy atom. The van der Waals surface area contributed by atoms with Gasteiger partial charge in [-0.05, 0) is 25.7 Å². The largest absolute Gasteiger partial charge is 0.480 e. The number of thioether (sulfide) groups is 1. The van der Waals surface area contributed by atoms with E-state index < -0.39 is 12.0 Å². The Morgan fingerprint density at radius 1 is 1.44 bits per heavy atom. The summed E-state index contributed by atoms with van der Waals surface area (Å²) in [7, 11) is 0. The van der Waals surface area contributed by atoms with Crippen molar-refractivity contribution < 1.29 is 19.4 Å². The minimum atomic E-state index is -0.894. The molecule has 0 aromatic rings. The molecular formula is C12H19NO4S. The van der Waals surface area contributed by atoms with E-state index in [1.165, 1.54) is 16.7 Å². The normalized spacial score (nSPS) is 31.2. The maximum Gasteiger partial charge on any atom is 0.327 e. The molecule has 0 spiro atoms.